The molecule has 0 radical (unpaired) electrons. The second kappa shape index (κ2) is 7.26. The maximum absolute atomic E-state index is 10.2. The van der Waals surface area contributed by atoms with Crippen LogP contribution in [0.3, 0.4) is 0 Å². The summed E-state index contributed by atoms with van der Waals surface area (Å²) in [5.74, 6) is 1.91. The van der Waals surface area contributed by atoms with Gasteiger partial charge in [-0.3, -0.25) is 0 Å². The minimum absolute atomic E-state index is 0.126. The summed E-state index contributed by atoms with van der Waals surface area (Å²) in [4.78, 5) is 3.61. The van der Waals surface area contributed by atoms with E-state index in [1.54, 1.807) is 11.3 Å². The van der Waals surface area contributed by atoms with Crippen molar-refractivity contribution in [1.82, 2.24) is 4.90 Å². The van der Waals surface area contributed by atoms with Gasteiger partial charge in [-0.05, 0) is 56.2 Å². The van der Waals surface area contributed by atoms with Gasteiger partial charge >= 0.3 is 0 Å². The van der Waals surface area contributed by atoms with Gasteiger partial charge in [-0.1, -0.05) is 25.4 Å². The standard InChI is InChI=1S/C16H26ClNOS/c1-11(2)12-4-6-15(19)13(8-12)9-18(3)10-14-5-7-16(17)20-14/h5,7,11-13,15,19H,4,6,8-10H2,1-3H3. The predicted octanol–water partition coefficient (Wildman–Crippen LogP) is 4.27. The second-order valence-electron chi connectivity index (χ2n) is 6.55. The highest BCUT2D eigenvalue weighted by Gasteiger charge is 2.31. The Morgan fingerprint density at radius 2 is 2.15 bits per heavy atom. The van der Waals surface area contributed by atoms with Crippen LogP contribution in [-0.2, 0) is 6.54 Å². The van der Waals surface area contributed by atoms with Crippen LogP contribution in [0.15, 0.2) is 12.1 Å². The van der Waals surface area contributed by atoms with Crippen molar-refractivity contribution < 1.29 is 5.11 Å². The summed E-state index contributed by atoms with van der Waals surface area (Å²) in [6.45, 7) is 6.50. The number of halogens is 1. The molecule has 0 saturated heterocycles. The van der Waals surface area contributed by atoms with E-state index < -0.39 is 0 Å². The van der Waals surface area contributed by atoms with Gasteiger partial charge in [0.05, 0.1) is 10.4 Å². The lowest BCUT2D eigenvalue weighted by atomic mass is 9.74. The molecule has 3 atom stereocenters. The Morgan fingerprint density at radius 3 is 2.75 bits per heavy atom. The average molecular weight is 316 g/mol. The van der Waals surface area contributed by atoms with Crippen LogP contribution >= 0.6 is 22.9 Å². The lowest BCUT2D eigenvalue weighted by Gasteiger charge is -2.37. The van der Waals surface area contributed by atoms with E-state index in [2.05, 4.69) is 31.9 Å². The van der Waals surface area contributed by atoms with Crippen molar-refractivity contribution in [3.63, 3.8) is 0 Å². The zero-order chi connectivity index (χ0) is 14.7. The molecule has 1 saturated carbocycles. The summed E-state index contributed by atoms with van der Waals surface area (Å²) < 4.78 is 0.853. The van der Waals surface area contributed by atoms with E-state index in [-0.39, 0.29) is 6.10 Å². The lowest BCUT2D eigenvalue weighted by molar-refractivity contribution is 0.0215. The molecule has 1 fully saturated rings. The monoisotopic (exact) mass is 315 g/mol. The Morgan fingerprint density at radius 1 is 1.40 bits per heavy atom. The third-order valence-corrected chi connectivity index (χ3v) is 5.74. The lowest BCUT2D eigenvalue weighted by Crippen LogP contribution is -2.38. The summed E-state index contributed by atoms with van der Waals surface area (Å²) in [5.41, 5.74) is 0. The van der Waals surface area contributed by atoms with Crippen LogP contribution in [0.25, 0.3) is 0 Å². The molecule has 1 aliphatic rings. The first-order chi connectivity index (χ1) is 9.45. The van der Waals surface area contributed by atoms with Gasteiger partial charge in [0, 0.05) is 18.0 Å². The maximum atomic E-state index is 10.2. The first-order valence-corrected chi connectivity index (χ1v) is 8.76. The molecule has 4 heteroatoms. The van der Waals surface area contributed by atoms with Gasteiger partial charge < -0.3 is 10.0 Å². The van der Waals surface area contributed by atoms with E-state index in [9.17, 15) is 5.11 Å². The number of aliphatic hydroxyl groups excluding tert-OH is 1. The summed E-state index contributed by atoms with van der Waals surface area (Å²) in [7, 11) is 2.14. The molecule has 2 rings (SSSR count). The van der Waals surface area contributed by atoms with Gasteiger partial charge in [0.2, 0.25) is 0 Å². The molecule has 0 aliphatic heterocycles. The first kappa shape index (κ1) is 16.3. The van der Waals surface area contributed by atoms with Gasteiger partial charge in [-0.25, -0.2) is 0 Å². The zero-order valence-corrected chi connectivity index (χ0v) is 14.3. The molecular formula is C16H26ClNOS. The summed E-state index contributed by atoms with van der Waals surface area (Å²) in [6.07, 6.45) is 3.18. The highest BCUT2D eigenvalue weighted by molar-refractivity contribution is 7.16. The van der Waals surface area contributed by atoms with E-state index >= 15 is 0 Å². The number of aliphatic hydroxyl groups is 1. The molecule has 20 heavy (non-hydrogen) atoms. The van der Waals surface area contributed by atoms with Crippen LogP contribution in [0, 0.1) is 17.8 Å². The molecule has 114 valence electrons. The van der Waals surface area contributed by atoms with Crippen molar-refractivity contribution >= 4 is 22.9 Å². The number of nitrogens with zero attached hydrogens (tertiary/aromatic N) is 1. The fourth-order valence-electron chi connectivity index (χ4n) is 3.25. The predicted molar refractivity (Wildman–Crippen MR) is 87.3 cm³/mol. The summed E-state index contributed by atoms with van der Waals surface area (Å²) in [6, 6.07) is 4.05. The zero-order valence-electron chi connectivity index (χ0n) is 12.7. The summed E-state index contributed by atoms with van der Waals surface area (Å²) >= 11 is 7.62. The van der Waals surface area contributed by atoms with Gasteiger partial charge in [0.1, 0.15) is 0 Å². The van der Waals surface area contributed by atoms with E-state index in [0.29, 0.717) is 5.92 Å². The topological polar surface area (TPSA) is 23.5 Å². The van der Waals surface area contributed by atoms with Crippen LogP contribution in [-0.4, -0.2) is 29.7 Å². The van der Waals surface area contributed by atoms with Crippen molar-refractivity contribution in [1.29, 1.82) is 0 Å². The molecular weight excluding hydrogens is 290 g/mol. The Hall–Kier alpha value is -0.0900. The molecule has 0 aromatic carbocycles. The van der Waals surface area contributed by atoms with Crippen molar-refractivity contribution in [3.05, 3.63) is 21.3 Å². The average Bonchev–Trinajstić information content (AvgIpc) is 2.77. The maximum Gasteiger partial charge on any atom is 0.0931 e. The third kappa shape index (κ3) is 4.45. The fraction of sp³-hybridized carbons (Fsp3) is 0.750. The number of rotatable bonds is 5. The van der Waals surface area contributed by atoms with Crippen molar-refractivity contribution in [2.45, 2.75) is 45.8 Å². The quantitative estimate of drug-likeness (QED) is 0.877. The minimum Gasteiger partial charge on any atom is -0.393 e. The Kier molecular flexibility index (Phi) is 5.91. The number of thiophene rings is 1. The van der Waals surface area contributed by atoms with Crippen LogP contribution in [0.2, 0.25) is 4.34 Å². The molecule has 1 aromatic rings. The van der Waals surface area contributed by atoms with Crippen molar-refractivity contribution in [3.8, 4) is 0 Å². The van der Waals surface area contributed by atoms with Crippen LogP contribution in [0.1, 0.15) is 38.0 Å². The van der Waals surface area contributed by atoms with Gasteiger partial charge in [-0.15, -0.1) is 11.3 Å². The van der Waals surface area contributed by atoms with E-state index in [4.69, 9.17) is 11.6 Å². The first-order valence-electron chi connectivity index (χ1n) is 7.56. The second-order valence-corrected chi connectivity index (χ2v) is 8.35. The van der Waals surface area contributed by atoms with Gasteiger partial charge in [0.25, 0.3) is 0 Å². The highest BCUT2D eigenvalue weighted by atomic mass is 35.5. The smallest absolute Gasteiger partial charge is 0.0931 e. The van der Waals surface area contributed by atoms with E-state index in [1.165, 1.54) is 11.3 Å². The molecule has 1 heterocycles. The highest BCUT2D eigenvalue weighted by Crippen LogP contribution is 2.34. The van der Waals surface area contributed by atoms with E-state index in [0.717, 1.165) is 42.1 Å². The molecule has 1 N–H and O–H groups in total. The minimum atomic E-state index is -0.126. The number of hydrogen-bond acceptors (Lipinski definition) is 3. The molecule has 0 spiro atoms. The summed E-state index contributed by atoms with van der Waals surface area (Å²) in [5, 5.41) is 10.2. The van der Waals surface area contributed by atoms with Crippen LogP contribution < -0.4 is 0 Å². The molecule has 3 unspecified atom stereocenters. The van der Waals surface area contributed by atoms with Gasteiger partial charge in [0.15, 0.2) is 0 Å². The Bertz CT molecular complexity index is 420. The molecule has 1 aliphatic carbocycles. The molecule has 0 amide bonds. The Balaban J connectivity index is 1.87. The molecule has 2 nitrogen and oxygen atoms in total. The van der Waals surface area contributed by atoms with Gasteiger partial charge in [-0.2, -0.15) is 0 Å². The Labute approximate surface area is 131 Å². The SMILES string of the molecule is CC(C)C1CCC(O)C(CN(C)Cc2ccc(Cl)s2)C1. The van der Waals surface area contributed by atoms with Crippen molar-refractivity contribution in [2.75, 3.05) is 13.6 Å². The van der Waals surface area contributed by atoms with Crippen LogP contribution in [0.5, 0.6) is 0 Å². The van der Waals surface area contributed by atoms with Crippen LogP contribution in [0.4, 0.5) is 0 Å². The van der Waals surface area contributed by atoms with Crippen molar-refractivity contribution in [2.24, 2.45) is 17.8 Å². The normalized spacial score (nSPS) is 27.4. The fourth-order valence-corrected chi connectivity index (χ4v) is 4.42. The van der Waals surface area contributed by atoms with E-state index in [1.807, 2.05) is 6.07 Å². The molecule has 1 aromatic heterocycles. The number of hydrogen-bond donors (Lipinski definition) is 1. The largest absolute Gasteiger partial charge is 0.393 e. The molecule has 0 bridgehead atoms. The third-order valence-electron chi connectivity index (χ3n) is 4.53.